The van der Waals surface area contributed by atoms with Crippen LogP contribution in [-0.4, -0.2) is 13.1 Å². The average molecular weight is 198 g/mol. The van der Waals surface area contributed by atoms with E-state index in [2.05, 4.69) is 5.32 Å². The van der Waals surface area contributed by atoms with Crippen molar-refractivity contribution in [3.8, 4) is 0 Å². The zero-order valence-corrected chi connectivity index (χ0v) is 7.74. The Morgan fingerprint density at radius 2 is 2.15 bits per heavy atom. The molecule has 1 aliphatic rings. The molecule has 0 atom stereocenters. The zero-order valence-electron chi connectivity index (χ0n) is 6.98. The molecule has 0 amide bonds. The predicted molar refractivity (Wildman–Crippen MR) is 52.3 cm³/mol. The van der Waals surface area contributed by atoms with Gasteiger partial charge in [0.1, 0.15) is 5.82 Å². The maximum Gasteiger partial charge on any atom is 0.142 e. The Morgan fingerprint density at radius 1 is 1.38 bits per heavy atom. The van der Waals surface area contributed by atoms with Crippen molar-refractivity contribution < 1.29 is 4.39 Å². The molecule has 0 aliphatic carbocycles. The Labute approximate surface area is 81.2 Å². The molecule has 0 bridgehead atoms. The molecule has 1 N–H and O–H groups in total. The second-order valence-corrected chi connectivity index (χ2v) is 3.43. The van der Waals surface area contributed by atoms with Gasteiger partial charge in [0.25, 0.3) is 0 Å². The maximum atomic E-state index is 13.0. The van der Waals surface area contributed by atoms with E-state index in [-0.39, 0.29) is 10.8 Å². The minimum absolute atomic E-state index is 0.210. The summed E-state index contributed by atoms with van der Waals surface area (Å²) in [5.74, 6) is -0.358. The first kappa shape index (κ1) is 8.73. The molecule has 1 aromatic carbocycles. The van der Waals surface area contributed by atoms with Crippen LogP contribution >= 0.6 is 11.6 Å². The molecule has 1 heterocycles. The van der Waals surface area contributed by atoms with Gasteiger partial charge >= 0.3 is 0 Å². The smallest absolute Gasteiger partial charge is 0.142 e. The van der Waals surface area contributed by atoms with Crippen molar-refractivity contribution in [1.29, 1.82) is 0 Å². The van der Waals surface area contributed by atoms with Crippen molar-refractivity contribution in [2.45, 2.75) is 0 Å². The van der Waals surface area contributed by atoms with Crippen molar-refractivity contribution in [2.75, 3.05) is 13.1 Å². The van der Waals surface area contributed by atoms with Gasteiger partial charge < -0.3 is 5.32 Å². The van der Waals surface area contributed by atoms with Crippen LogP contribution in [0.1, 0.15) is 5.56 Å². The topological polar surface area (TPSA) is 12.0 Å². The number of rotatable bonds is 1. The fourth-order valence-electron chi connectivity index (χ4n) is 1.22. The molecular weight excluding hydrogens is 189 g/mol. The van der Waals surface area contributed by atoms with Crippen LogP contribution in [0.4, 0.5) is 4.39 Å². The third kappa shape index (κ3) is 1.74. The lowest BCUT2D eigenvalue weighted by Gasteiger charge is -2.18. The third-order valence-corrected chi connectivity index (χ3v) is 2.44. The van der Waals surface area contributed by atoms with E-state index in [1.165, 1.54) is 11.6 Å². The summed E-state index contributed by atoms with van der Waals surface area (Å²) in [6.07, 6.45) is 1.93. The highest BCUT2D eigenvalue weighted by Gasteiger charge is 2.09. The van der Waals surface area contributed by atoms with Crippen LogP contribution < -0.4 is 5.32 Å². The summed E-state index contributed by atoms with van der Waals surface area (Å²) in [7, 11) is 0. The molecule has 68 valence electrons. The van der Waals surface area contributed by atoms with Crippen molar-refractivity contribution in [1.82, 2.24) is 5.32 Å². The standard InChI is InChI=1S/C10H9ClFN/c11-10-8(2-1-3-9(10)12)4-7-5-13-6-7/h1-4,13H,5-6H2. The van der Waals surface area contributed by atoms with Crippen LogP contribution in [0.2, 0.25) is 5.02 Å². The summed E-state index contributed by atoms with van der Waals surface area (Å²) < 4.78 is 13.0. The highest BCUT2D eigenvalue weighted by atomic mass is 35.5. The normalized spacial score (nSPS) is 15.4. The SMILES string of the molecule is Fc1cccc(C=C2CNC2)c1Cl. The second-order valence-electron chi connectivity index (χ2n) is 3.05. The van der Waals surface area contributed by atoms with E-state index in [9.17, 15) is 4.39 Å². The monoisotopic (exact) mass is 197 g/mol. The molecule has 1 fully saturated rings. The Bertz CT molecular complexity index is 354. The number of hydrogen-bond donors (Lipinski definition) is 1. The Balaban J connectivity index is 2.34. The van der Waals surface area contributed by atoms with E-state index >= 15 is 0 Å². The Hall–Kier alpha value is -0.860. The summed E-state index contributed by atoms with van der Waals surface area (Å²) in [6, 6.07) is 4.85. The van der Waals surface area contributed by atoms with Crippen LogP contribution in [0.3, 0.4) is 0 Å². The van der Waals surface area contributed by atoms with Gasteiger partial charge in [-0.05, 0) is 17.2 Å². The van der Waals surface area contributed by atoms with Crippen molar-refractivity contribution in [3.05, 3.63) is 40.2 Å². The van der Waals surface area contributed by atoms with Gasteiger partial charge in [0.2, 0.25) is 0 Å². The van der Waals surface area contributed by atoms with Gasteiger partial charge in [-0.15, -0.1) is 0 Å². The van der Waals surface area contributed by atoms with Gasteiger partial charge in [-0.3, -0.25) is 0 Å². The summed E-state index contributed by atoms with van der Waals surface area (Å²) in [4.78, 5) is 0. The Morgan fingerprint density at radius 3 is 2.77 bits per heavy atom. The molecule has 0 saturated carbocycles. The molecular formula is C10H9ClFN. The molecule has 0 aromatic heterocycles. The molecule has 1 aromatic rings. The summed E-state index contributed by atoms with van der Waals surface area (Å²) in [6.45, 7) is 1.76. The van der Waals surface area contributed by atoms with Crippen LogP contribution in [0, 0.1) is 5.82 Å². The van der Waals surface area contributed by atoms with Gasteiger partial charge in [-0.25, -0.2) is 4.39 Å². The van der Waals surface area contributed by atoms with Crippen LogP contribution in [0.15, 0.2) is 23.8 Å². The van der Waals surface area contributed by atoms with Gasteiger partial charge in [0, 0.05) is 13.1 Å². The molecule has 0 radical (unpaired) electrons. The maximum absolute atomic E-state index is 13.0. The summed E-state index contributed by atoms with van der Waals surface area (Å²) in [5.41, 5.74) is 2.02. The van der Waals surface area contributed by atoms with Gasteiger partial charge in [0.05, 0.1) is 5.02 Å². The molecule has 2 rings (SSSR count). The van der Waals surface area contributed by atoms with Gasteiger partial charge in [0.15, 0.2) is 0 Å². The number of nitrogens with one attached hydrogen (secondary N) is 1. The molecule has 1 nitrogen and oxygen atoms in total. The van der Waals surface area contributed by atoms with E-state index in [0.29, 0.717) is 0 Å². The minimum Gasteiger partial charge on any atom is -0.309 e. The quantitative estimate of drug-likeness (QED) is 0.730. The van der Waals surface area contributed by atoms with Gasteiger partial charge in [-0.2, -0.15) is 0 Å². The first-order valence-corrected chi connectivity index (χ1v) is 4.49. The van der Waals surface area contributed by atoms with Crippen LogP contribution in [-0.2, 0) is 0 Å². The summed E-state index contributed by atoms with van der Waals surface area (Å²) in [5, 5.41) is 3.32. The summed E-state index contributed by atoms with van der Waals surface area (Å²) >= 11 is 5.78. The lowest BCUT2D eigenvalue weighted by atomic mass is 10.1. The van der Waals surface area contributed by atoms with Crippen molar-refractivity contribution in [3.63, 3.8) is 0 Å². The van der Waals surface area contributed by atoms with Crippen LogP contribution in [0.5, 0.6) is 0 Å². The Kier molecular flexibility index (Phi) is 2.34. The number of hydrogen-bond acceptors (Lipinski definition) is 1. The van der Waals surface area contributed by atoms with Crippen molar-refractivity contribution >= 4 is 17.7 Å². The first-order valence-electron chi connectivity index (χ1n) is 4.11. The first-order chi connectivity index (χ1) is 6.27. The fourth-order valence-corrected chi connectivity index (χ4v) is 1.40. The molecule has 0 unspecified atom stereocenters. The van der Waals surface area contributed by atoms with E-state index in [1.807, 2.05) is 12.1 Å². The highest BCUT2D eigenvalue weighted by molar-refractivity contribution is 6.32. The number of benzene rings is 1. The predicted octanol–water partition coefficient (Wildman–Crippen LogP) is 2.47. The average Bonchev–Trinajstić information content (AvgIpc) is 2.04. The second kappa shape index (κ2) is 3.48. The lowest BCUT2D eigenvalue weighted by molar-refractivity contribution is 0.627. The largest absolute Gasteiger partial charge is 0.309 e. The molecule has 13 heavy (non-hydrogen) atoms. The zero-order chi connectivity index (χ0) is 9.26. The van der Waals surface area contributed by atoms with Crippen molar-refractivity contribution in [2.24, 2.45) is 0 Å². The third-order valence-electron chi connectivity index (χ3n) is 2.05. The molecule has 1 aliphatic heterocycles. The molecule has 1 saturated heterocycles. The van der Waals surface area contributed by atoms with E-state index in [1.54, 1.807) is 6.07 Å². The fraction of sp³-hybridized carbons (Fsp3) is 0.200. The lowest BCUT2D eigenvalue weighted by Crippen LogP contribution is -2.33. The van der Waals surface area contributed by atoms with E-state index < -0.39 is 0 Å². The number of halogens is 2. The molecule has 0 spiro atoms. The van der Waals surface area contributed by atoms with Gasteiger partial charge in [-0.1, -0.05) is 29.8 Å². The molecule has 3 heteroatoms. The minimum atomic E-state index is -0.358. The highest BCUT2D eigenvalue weighted by Crippen LogP contribution is 2.22. The van der Waals surface area contributed by atoms with E-state index in [0.717, 1.165) is 18.7 Å². The van der Waals surface area contributed by atoms with Crippen LogP contribution in [0.25, 0.3) is 6.08 Å². The van der Waals surface area contributed by atoms with E-state index in [4.69, 9.17) is 11.6 Å².